The fraction of sp³-hybridized carbons (Fsp3) is 0.368. The first-order chi connectivity index (χ1) is 47.7. The Kier molecular flexibility index (Phi) is 28.3. The van der Waals surface area contributed by atoms with Crippen LogP contribution in [0.4, 0.5) is 21.0 Å². The zero-order valence-electron chi connectivity index (χ0n) is 54.9. The molecule has 0 fully saturated rings. The summed E-state index contributed by atoms with van der Waals surface area (Å²) in [4.78, 5) is 148. The number of hydrogen-bond donors (Lipinski definition) is 16. The van der Waals surface area contributed by atoms with Gasteiger partial charge in [0.15, 0.2) is 23.3 Å². The first-order valence-electron chi connectivity index (χ1n) is 32.4. The number of carbonyl (C=O) groups excluding carboxylic acids is 11. The molecule has 5 aromatic carbocycles. The van der Waals surface area contributed by atoms with Crippen LogP contribution in [0.15, 0.2) is 121 Å². The Balaban J connectivity index is 0.960. The van der Waals surface area contributed by atoms with Gasteiger partial charge in [-0.15, -0.1) is 0 Å². The van der Waals surface area contributed by atoms with E-state index in [1.54, 1.807) is 91.0 Å². The molecule has 2 aliphatic rings. The van der Waals surface area contributed by atoms with Crippen LogP contribution in [-0.2, 0) is 71.4 Å². The minimum Gasteiger partial charge on any atom is -0.454 e. The Bertz CT molecular complexity index is 3730. The first kappa shape index (κ1) is 74.6. The van der Waals surface area contributed by atoms with Gasteiger partial charge in [-0.1, -0.05) is 131 Å². The summed E-state index contributed by atoms with van der Waals surface area (Å²) in [6.07, 6.45) is 1.80. The SMILES string of the molecule is CCCC[C@H](NC(=O)OCc1ccccc1)C(=O)N[C@@H](CCCNC(=N)N)C(=O)NCC(=O)NCC(=O)Nc1ccc2c(c1)Oc1c(NC(=O)CNC(=O)CNC(=O)[C@H](CCCNC(=N)N)NC(=O)[C@H](CCCC)NC(=O)OCc3ccccc3)cccc1C21OC(=O)c2ccccc21. The highest BCUT2D eigenvalue weighted by molar-refractivity contribution is 6.01. The van der Waals surface area contributed by atoms with Crippen molar-refractivity contribution in [3.63, 3.8) is 0 Å². The van der Waals surface area contributed by atoms with E-state index in [1.165, 1.54) is 18.2 Å². The van der Waals surface area contributed by atoms with Crippen molar-refractivity contribution in [2.45, 2.75) is 121 Å². The van der Waals surface area contributed by atoms with E-state index in [2.05, 4.69) is 63.8 Å². The number of carbonyl (C=O) groups is 11. The van der Waals surface area contributed by atoms with E-state index in [4.69, 9.17) is 41.2 Å². The zero-order valence-corrected chi connectivity index (χ0v) is 54.9. The summed E-state index contributed by atoms with van der Waals surface area (Å²) in [5.74, 6) is -7.06. The van der Waals surface area contributed by atoms with Crippen molar-refractivity contribution in [3.05, 3.63) is 155 Å². The predicted octanol–water partition coefficient (Wildman–Crippen LogP) is 3.06. The van der Waals surface area contributed by atoms with E-state index in [0.29, 0.717) is 42.4 Å². The van der Waals surface area contributed by atoms with Gasteiger partial charge < -0.3 is 94.2 Å². The molecule has 2 aliphatic heterocycles. The Morgan fingerprint density at radius 1 is 0.475 bits per heavy atom. The number of unbranched alkanes of at least 4 members (excludes halogenated alkanes) is 2. The van der Waals surface area contributed by atoms with E-state index in [0.717, 1.165) is 11.1 Å². The van der Waals surface area contributed by atoms with Gasteiger partial charge in [0.25, 0.3) is 0 Å². The molecule has 5 aromatic rings. The number of guanidine groups is 2. The summed E-state index contributed by atoms with van der Waals surface area (Å²) in [6, 6.07) is 29.3. The Labute approximate surface area is 570 Å². The maximum Gasteiger partial charge on any atom is 0.408 e. The van der Waals surface area contributed by atoms with Gasteiger partial charge in [0.2, 0.25) is 47.3 Å². The number of fused-ring (bicyclic) bond motifs is 6. The van der Waals surface area contributed by atoms with Crippen molar-refractivity contribution in [1.82, 2.24) is 53.2 Å². The second-order valence-corrected chi connectivity index (χ2v) is 23.1. The number of rotatable bonds is 36. The van der Waals surface area contributed by atoms with Crippen LogP contribution in [0.3, 0.4) is 0 Å². The van der Waals surface area contributed by atoms with Crippen molar-refractivity contribution in [1.29, 1.82) is 10.8 Å². The molecule has 0 saturated carbocycles. The molecule has 2 heterocycles. The smallest absolute Gasteiger partial charge is 0.408 e. The lowest BCUT2D eigenvalue weighted by molar-refractivity contribution is -0.131. The van der Waals surface area contributed by atoms with Crippen LogP contribution in [-0.4, -0.2) is 141 Å². The third-order valence-corrected chi connectivity index (χ3v) is 15.6. The maximum atomic E-state index is 13.7. The topological polar surface area (TPSA) is 469 Å². The van der Waals surface area contributed by atoms with Crippen LogP contribution in [0.25, 0.3) is 0 Å². The van der Waals surface area contributed by atoms with E-state index in [1.807, 2.05) is 26.0 Å². The molecule has 0 radical (unpaired) electrons. The van der Waals surface area contributed by atoms with E-state index < -0.39 is 121 Å². The highest BCUT2D eigenvalue weighted by atomic mass is 16.6. The molecule has 99 heavy (non-hydrogen) atoms. The molecule has 1 spiro atoms. The van der Waals surface area contributed by atoms with Gasteiger partial charge in [-0.25, -0.2) is 14.4 Å². The summed E-state index contributed by atoms with van der Waals surface area (Å²) >= 11 is 0. The van der Waals surface area contributed by atoms with Gasteiger partial charge in [0.1, 0.15) is 43.1 Å². The van der Waals surface area contributed by atoms with Crippen molar-refractivity contribution >= 4 is 88.7 Å². The van der Waals surface area contributed by atoms with Gasteiger partial charge in [-0.2, -0.15) is 0 Å². The van der Waals surface area contributed by atoms with Crippen LogP contribution < -0.4 is 80.0 Å². The highest BCUT2D eigenvalue weighted by Crippen LogP contribution is 2.58. The fourth-order valence-corrected chi connectivity index (χ4v) is 10.6. The molecule has 7 rings (SSSR count). The molecule has 0 saturated heterocycles. The molecule has 31 heteroatoms. The van der Waals surface area contributed by atoms with E-state index >= 15 is 0 Å². The third-order valence-electron chi connectivity index (χ3n) is 15.6. The molecule has 10 amide bonds. The molecule has 526 valence electrons. The Morgan fingerprint density at radius 2 is 0.929 bits per heavy atom. The average molecular weight is 1370 g/mol. The molecule has 0 aliphatic carbocycles. The average Bonchev–Trinajstić information content (AvgIpc) is 1.64. The third kappa shape index (κ3) is 22.4. The molecular formula is C68H84N16O15. The standard InChI is InChI=1S/C68H84N16O15/c1-3-5-25-51(83-66(94)96-39-41-18-9-7-10-19-41)61(91)81-49(28-16-32-73-64(69)70)59(89)77-35-54(85)75-37-56(87)79-43-30-31-46-53(34-43)98-58-47(68(46)45-23-14-13-22-44(45)63(93)99-68)24-15-27-48(58)80-57(88)38-76-55(86)36-78-60(90)50(29-17-33-74-65(71)72)82-62(92)52(26-6-4-2)84-67(95)97-40-42-20-11-8-12-21-42/h7-15,18-24,27,30-31,34,49-52H,3-6,16-17,25-26,28-29,32-33,35-40H2,1-2H3,(H,75,85)(H,76,86)(H,77,89)(H,78,90)(H,79,87)(H,80,88)(H,81,91)(H,82,92)(H,83,94)(H,84,95)(H4,69,70,73)(H4,71,72,74)/t49-,50-,51-,52-,68?/m0/s1. The second kappa shape index (κ2) is 37.5. The van der Waals surface area contributed by atoms with Crippen LogP contribution in [0.1, 0.15) is 116 Å². The number of hydrogen-bond acceptors (Lipinski definition) is 17. The largest absolute Gasteiger partial charge is 0.454 e. The summed E-state index contributed by atoms with van der Waals surface area (Å²) in [5, 5.41) is 46.0. The second-order valence-electron chi connectivity index (χ2n) is 23.1. The number of alkyl carbamates (subject to hydrolysis) is 2. The molecule has 5 atom stereocenters. The number of ether oxygens (including phenoxy) is 4. The maximum absolute atomic E-state index is 13.7. The minimum atomic E-state index is -1.65. The lowest BCUT2D eigenvalue weighted by Crippen LogP contribution is -2.54. The summed E-state index contributed by atoms with van der Waals surface area (Å²) in [5.41, 5.74) is 12.2. The van der Waals surface area contributed by atoms with Crippen molar-refractivity contribution in [2.24, 2.45) is 11.5 Å². The molecule has 0 aromatic heterocycles. The van der Waals surface area contributed by atoms with Gasteiger partial charge in [-0.3, -0.25) is 49.2 Å². The number of anilines is 2. The lowest BCUT2D eigenvalue weighted by Gasteiger charge is -2.37. The normalized spacial score (nSPS) is 14.1. The minimum absolute atomic E-state index is 0.0272. The van der Waals surface area contributed by atoms with Crippen molar-refractivity contribution in [2.75, 3.05) is 49.9 Å². The Morgan fingerprint density at radius 3 is 1.43 bits per heavy atom. The highest BCUT2D eigenvalue weighted by Gasteiger charge is 2.54. The van der Waals surface area contributed by atoms with Gasteiger partial charge in [0.05, 0.1) is 37.4 Å². The number of para-hydroxylation sites is 1. The van der Waals surface area contributed by atoms with Crippen LogP contribution in [0, 0.1) is 10.8 Å². The molecule has 18 N–H and O–H groups in total. The van der Waals surface area contributed by atoms with Crippen molar-refractivity contribution in [3.8, 4) is 11.5 Å². The van der Waals surface area contributed by atoms with Crippen LogP contribution in [0.2, 0.25) is 0 Å². The molecular weight excluding hydrogens is 1280 g/mol. The van der Waals surface area contributed by atoms with Crippen LogP contribution in [0.5, 0.6) is 11.5 Å². The predicted molar refractivity (Wildman–Crippen MR) is 362 cm³/mol. The zero-order chi connectivity index (χ0) is 71.3. The van der Waals surface area contributed by atoms with Gasteiger partial charge in [-0.05, 0) is 73.9 Å². The summed E-state index contributed by atoms with van der Waals surface area (Å²) < 4.78 is 23.5. The quantitative estimate of drug-likeness (QED) is 0.00900. The lowest BCUT2D eigenvalue weighted by atomic mass is 9.77. The number of nitrogens with one attached hydrogen (secondary N) is 14. The molecule has 0 bridgehead atoms. The summed E-state index contributed by atoms with van der Waals surface area (Å²) in [7, 11) is 0. The number of amides is 10. The van der Waals surface area contributed by atoms with Gasteiger partial charge in [0, 0.05) is 41.5 Å². The van der Waals surface area contributed by atoms with E-state index in [-0.39, 0.29) is 105 Å². The van der Waals surface area contributed by atoms with E-state index in [9.17, 15) is 52.7 Å². The number of benzene rings is 5. The van der Waals surface area contributed by atoms with Gasteiger partial charge >= 0.3 is 18.2 Å². The van der Waals surface area contributed by atoms with Crippen LogP contribution >= 0.6 is 0 Å². The first-order valence-corrected chi connectivity index (χ1v) is 32.4. The molecule has 1 unspecified atom stereocenters. The number of nitrogens with two attached hydrogens (primary N) is 2. The molecule has 31 nitrogen and oxygen atoms in total. The summed E-state index contributed by atoms with van der Waals surface area (Å²) in [6.45, 7) is 1.62. The fourth-order valence-electron chi connectivity index (χ4n) is 10.6. The monoisotopic (exact) mass is 1360 g/mol. The van der Waals surface area contributed by atoms with Crippen molar-refractivity contribution < 1.29 is 71.7 Å². The Hall–Kier alpha value is -11.8. The number of esters is 1.